The standard InChI is InChI=1S/C16H26N4O/c1-18-8-10-20(11-9-18)16(21)14(12-17)13-19(2)15-6-4-3-5-7-15/h13,15H,3-11H2,1-2H3/b14-13-. The maximum atomic E-state index is 12.4. The third-order valence-electron chi connectivity index (χ3n) is 4.62. The lowest BCUT2D eigenvalue weighted by Gasteiger charge is -2.33. The van der Waals surface area contributed by atoms with Crippen molar-refractivity contribution in [2.24, 2.45) is 0 Å². The Labute approximate surface area is 127 Å². The summed E-state index contributed by atoms with van der Waals surface area (Å²) >= 11 is 0. The highest BCUT2D eigenvalue weighted by molar-refractivity contribution is 5.97. The molecule has 0 bridgehead atoms. The van der Waals surface area contributed by atoms with Crippen LogP contribution >= 0.6 is 0 Å². The minimum absolute atomic E-state index is 0.117. The van der Waals surface area contributed by atoms with Crippen molar-refractivity contribution in [1.29, 1.82) is 5.26 Å². The molecule has 5 heteroatoms. The minimum Gasteiger partial charge on any atom is -0.376 e. The van der Waals surface area contributed by atoms with Gasteiger partial charge in [0.15, 0.2) is 0 Å². The van der Waals surface area contributed by atoms with Gasteiger partial charge in [-0.25, -0.2) is 0 Å². The van der Waals surface area contributed by atoms with E-state index in [0.29, 0.717) is 19.1 Å². The van der Waals surface area contributed by atoms with Crippen molar-refractivity contribution in [3.63, 3.8) is 0 Å². The fourth-order valence-corrected chi connectivity index (χ4v) is 3.11. The van der Waals surface area contributed by atoms with Gasteiger partial charge in [0.2, 0.25) is 0 Å². The van der Waals surface area contributed by atoms with Gasteiger partial charge in [-0.15, -0.1) is 0 Å². The molecule has 1 aliphatic heterocycles. The van der Waals surface area contributed by atoms with Crippen LogP contribution in [-0.2, 0) is 4.79 Å². The highest BCUT2D eigenvalue weighted by atomic mass is 16.2. The monoisotopic (exact) mass is 290 g/mol. The molecule has 0 unspecified atom stereocenters. The summed E-state index contributed by atoms with van der Waals surface area (Å²) in [4.78, 5) is 18.5. The van der Waals surface area contributed by atoms with Gasteiger partial charge in [0.25, 0.3) is 5.91 Å². The Balaban J connectivity index is 1.99. The van der Waals surface area contributed by atoms with Crippen LogP contribution in [0.2, 0.25) is 0 Å². The fraction of sp³-hybridized carbons (Fsp3) is 0.750. The average Bonchev–Trinajstić information content (AvgIpc) is 2.53. The first-order valence-corrected chi connectivity index (χ1v) is 7.93. The van der Waals surface area contributed by atoms with Gasteiger partial charge in [-0.05, 0) is 19.9 Å². The topological polar surface area (TPSA) is 50.6 Å². The van der Waals surface area contributed by atoms with Crippen molar-refractivity contribution >= 4 is 5.91 Å². The van der Waals surface area contributed by atoms with E-state index in [1.165, 1.54) is 19.3 Å². The quantitative estimate of drug-likeness (QED) is 0.583. The normalized spacial score (nSPS) is 22.0. The SMILES string of the molecule is CN1CCN(C(=O)/C(C#N)=C\N(C)C2CCCCC2)CC1. The Kier molecular flexibility index (Phi) is 5.63. The first-order chi connectivity index (χ1) is 10.1. The van der Waals surface area contributed by atoms with Crippen molar-refractivity contribution in [3.8, 4) is 6.07 Å². The van der Waals surface area contributed by atoms with Gasteiger partial charge in [-0.3, -0.25) is 4.79 Å². The van der Waals surface area contributed by atoms with Crippen LogP contribution in [0.25, 0.3) is 0 Å². The maximum absolute atomic E-state index is 12.4. The summed E-state index contributed by atoms with van der Waals surface area (Å²) in [5, 5.41) is 9.32. The molecule has 116 valence electrons. The largest absolute Gasteiger partial charge is 0.376 e. The molecule has 2 fully saturated rings. The molecule has 0 N–H and O–H groups in total. The Bertz CT molecular complexity index is 426. The van der Waals surface area contributed by atoms with Crippen LogP contribution in [0.15, 0.2) is 11.8 Å². The zero-order valence-electron chi connectivity index (χ0n) is 13.2. The molecule has 1 saturated heterocycles. The number of amides is 1. The zero-order valence-corrected chi connectivity index (χ0v) is 13.2. The maximum Gasteiger partial charge on any atom is 0.266 e. The van der Waals surface area contributed by atoms with Crippen molar-refractivity contribution in [2.45, 2.75) is 38.1 Å². The third-order valence-corrected chi connectivity index (χ3v) is 4.62. The third kappa shape index (κ3) is 4.21. The number of nitrogens with zero attached hydrogens (tertiary/aromatic N) is 4. The van der Waals surface area contributed by atoms with Gasteiger partial charge in [0.1, 0.15) is 11.6 Å². The second-order valence-corrected chi connectivity index (χ2v) is 6.21. The molecule has 1 amide bonds. The first kappa shape index (κ1) is 15.8. The number of hydrogen-bond acceptors (Lipinski definition) is 4. The molecule has 2 rings (SSSR count). The molecule has 1 aliphatic carbocycles. The summed E-state index contributed by atoms with van der Waals surface area (Å²) in [6.07, 6.45) is 7.88. The number of carbonyl (C=O) groups is 1. The number of nitriles is 1. The molecule has 0 aromatic rings. The summed E-state index contributed by atoms with van der Waals surface area (Å²) < 4.78 is 0. The molecule has 0 atom stereocenters. The molecule has 1 saturated carbocycles. The first-order valence-electron chi connectivity index (χ1n) is 7.93. The van der Waals surface area contributed by atoms with Crippen LogP contribution in [0.3, 0.4) is 0 Å². The van der Waals surface area contributed by atoms with Crippen molar-refractivity contribution in [2.75, 3.05) is 40.3 Å². The van der Waals surface area contributed by atoms with Crippen LogP contribution in [0.4, 0.5) is 0 Å². The second kappa shape index (κ2) is 7.46. The van der Waals surface area contributed by atoms with Crippen molar-refractivity contribution in [1.82, 2.24) is 14.7 Å². The molecule has 0 aromatic carbocycles. The van der Waals surface area contributed by atoms with E-state index in [4.69, 9.17) is 0 Å². The average molecular weight is 290 g/mol. The fourth-order valence-electron chi connectivity index (χ4n) is 3.11. The Morgan fingerprint density at radius 2 is 1.81 bits per heavy atom. The second-order valence-electron chi connectivity index (χ2n) is 6.21. The van der Waals surface area contributed by atoms with Crippen LogP contribution in [0.5, 0.6) is 0 Å². The van der Waals surface area contributed by atoms with E-state index in [1.54, 1.807) is 11.1 Å². The smallest absolute Gasteiger partial charge is 0.266 e. The molecule has 0 radical (unpaired) electrons. The lowest BCUT2D eigenvalue weighted by atomic mass is 9.94. The highest BCUT2D eigenvalue weighted by Gasteiger charge is 2.23. The molecule has 5 nitrogen and oxygen atoms in total. The van der Waals surface area contributed by atoms with Crippen LogP contribution < -0.4 is 0 Å². The lowest BCUT2D eigenvalue weighted by molar-refractivity contribution is -0.128. The lowest BCUT2D eigenvalue weighted by Crippen LogP contribution is -2.47. The molecular formula is C16H26N4O. The van der Waals surface area contributed by atoms with Crippen LogP contribution in [-0.4, -0.2) is 66.9 Å². The molecule has 21 heavy (non-hydrogen) atoms. The Morgan fingerprint density at radius 3 is 2.38 bits per heavy atom. The molecule has 1 heterocycles. The number of hydrogen-bond donors (Lipinski definition) is 0. The van der Waals surface area contributed by atoms with E-state index < -0.39 is 0 Å². The summed E-state index contributed by atoms with van der Waals surface area (Å²) in [7, 11) is 4.05. The number of piperazine rings is 1. The van der Waals surface area contributed by atoms with E-state index in [1.807, 2.05) is 7.05 Å². The van der Waals surface area contributed by atoms with Crippen LogP contribution in [0.1, 0.15) is 32.1 Å². The summed E-state index contributed by atoms with van der Waals surface area (Å²) in [5.74, 6) is -0.117. The van der Waals surface area contributed by atoms with Gasteiger partial charge < -0.3 is 14.7 Å². The zero-order chi connectivity index (χ0) is 15.2. The molecule has 2 aliphatic rings. The summed E-state index contributed by atoms with van der Waals surface area (Å²) in [6.45, 7) is 3.18. The molecule has 0 aromatic heterocycles. The van der Waals surface area contributed by atoms with E-state index in [0.717, 1.165) is 25.9 Å². The highest BCUT2D eigenvalue weighted by Crippen LogP contribution is 2.22. The number of rotatable bonds is 3. The number of likely N-dealkylation sites (N-methyl/N-ethyl adjacent to an activating group) is 1. The van der Waals surface area contributed by atoms with Gasteiger partial charge in [0, 0.05) is 45.5 Å². The molecule has 0 spiro atoms. The van der Waals surface area contributed by atoms with Crippen molar-refractivity contribution < 1.29 is 4.79 Å². The van der Waals surface area contributed by atoms with E-state index in [9.17, 15) is 10.1 Å². The predicted octanol–water partition coefficient (Wildman–Crippen LogP) is 1.43. The minimum atomic E-state index is -0.117. The van der Waals surface area contributed by atoms with Crippen molar-refractivity contribution in [3.05, 3.63) is 11.8 Å². The Hall–Kier alpha value is -1.54. The number of carbonyl (C=O) groups excluding carboxylic acids is 1. The van der Waals surface area contributed by atoms with Gasteiger partial charge in [0.05, 0.1) is 0 Å². The van der Waals surface area contributed by atoms with Crippen LogP contribution in [0, 0.1) is 11.3 Å². The van der Waals surface area contributed by atoms with E-state index >= 15 is 0 Å². The van der Waals surface area contributed by atoms with E-state index in [2.05, 4.69) is 22.9 Å². The summed E-state index contributed by atoms with van der Waals surface area (Å²) in [6, 6.07) is 2.57. The van der Waals surface area contributed by atoms with E-state index in [-0.39, 0.29) is 11.5 Å². The summed E-state index contributed by atoms with van der Waals surface area (Å²) in [5.41, 5.74) is 0.271. The van der Waals surface area contributed by atoms with Gasteiger partial charge in [-0.1, -0.05) is 19.3 Å². The Morgan fingerprint density at radius 1 is 1.19 bits per heavy atom. The molecular weight excluding hydrogens is 264 g/mol. The predicted molar refractivity (Wildman–Crippen MR) is 82.4 cm³/mol. The van der Waals surface area contributed by atoms with Gasteiger partial charge >= 0.3 is 0 Å². The van der Waals surface area contributed by atoms with Gasteiger partial charge in [-0.2, -0.15) is 5.26 Å².